The van der Waals surface area contributed by atoms with E-state index in [-0.39, 0.29) is 55.7 Å². The van der Waals surface area contributed by atoms with Crippen LogP contribution < -0.4 is 58.9 Å². The largest absolute Gasteiger partial charge is 0.508 e. The van der Waals surface area contributed by atoms with Gasteiger partial charge in [-0.15, -0.1) is 11.8 Å². The number of primary amides is 1. The average Bonchev–Trinajstić information content (AvgIpc) is 1.68. The third-order valence-electron chi connectivity index (χ3n) is 22.1. The second-order valence-electron chi connectivity index (χ2n) is 32.3. The predicted octanol–water partition coefficient (Wildman–Crippen LogP) is -3.96. The van der Waals surface area contributed by atoms with E-state index in [0.29, 0.717) is 33.2 Å². The zero-order valence-electron chi connectivity index (χ0n) is 72.6. The highest BCUT2D eigenvalue weighted by molar-refractivity contribution is 8.00. The number of benzene rings is 4. The molecule has 41 nitrogen and oxygen atoms in total. The number of carboxylic acid groups (broad SMARTS) is 1. The number of nitrogens with one attached hydrogen (secondary N) is 12. The maximum Gasteiger partial charge on any atom is 0.305 e. The molecule has 19 N–H and O–H groups in total. The number of carboxylic acids is 1. The van der Waals surface area contributed by atoms with Gasteiger partial charge in [-0.05, 0) is 81.0 Å². The molecule has 8 rings (SSSR count). The minimum atomic E-state index is -1.97. The quantitative estimate of drug-likeness (QED) is 0.0440. The number of hydrogen-bond donors (Lipinski definition) is 18. The summed E-state index contributed by atoms with van der Waals surface area (Å²) in [5, 5.41) is 79.9. The number of para-hydroxylation sites is 1. The summed E-state index contributed by atoms with van der Waals surface area (Å²) in [5.41, 5.74) is 8.46. The maximum atomic E-state index is 15.5. The van der Waals surface area contributed by atoms with Crippen molar-refractivity contribution in [2.45, 2.75) is 196 Å². The highest BCUT2D eigenvalue weighted by Crippen LogP contribution is 2.25. The van der Waals surface area contributed by atoms with E-state index >= 15 is 9.59 Å². The molecule has 0 spiro atoms. The predicted molar refractivity (Wildman–Crippen MR) is 463 cm³/mol. The molecule has 17 atom stereocenters. The number of aromatic hydroxyl groups is 1. The van der Waals surface area contributed by atoms with Gasteiger partial charge in [0.25, 0.3) is 0 Å². The van der Waals surface area contributed by atoms with Crippen molar-refractivity contribution in [3.05, 3.63) is 156 Å². The fourth-order valence-corrected chi connectivity index (χ4v) is 15.4. The van der Waals surface area contributed by atoms with Crippen molar-refractivity contribution < 1.29 is 107 Å². The number of phenolic OH excluding ortho intramolecular Hbond substituents is 1. The molecule has 0 bridgehead atoms. The summed E-state index contributed by atoms with van der Waals surface area (Å²) in [7, 11) is 4.76. The molecular weight excluding hydrogens is 1680 g/mol. The number of carbonyl (C=O) groups is 17. The Morgan fingerprint density at radius 2 is 1.05 bits per heavy atom. The van der Waals surface area contributed by atoms with Gasteiger partial charge in [-0.25, -0.2) is 4.98 Å². The number of aromatic amines is 2. The summed E-state index contributed by atoms with van der Waals surface area (Å²) in [6.07, 6.45) is -3.54. The third-order valence-corrected chi connectivity index (χ3v) is 23.1. The number of aliphatic carboxylic acids is 1. The molecule has 690 valence electrons. The van der Waals surface area contributed by atoms with Gasteiger partial charge in [0.15, 0.2) is 0 Å². The minimum Gasteiger partial charge on any atom is -0.508 e. The Hall–Kier alpha value is -13.3. The average molecular weight is 1800 g/mol. The first-order valence-corrected chi connectivity index (χ1v) is 42.6. The summed E-state index contributed by atoms with van der Waals surface area (Å²) in [6, 6.07) is 6.21. The molecule has 4 aromatic carbocycles. The van der Waals surface area contributed by atoms with E-state index in [0.717, 1.165) is 57.2 Å². The van der Waals surface area contributed by atoms with Crippen LogP contribution in [0.2, 0.25) is 0 Å². The van der Waals surface area contributed by atoms with Crippen molar-refractivity contribution in [3.63, 3.8) is 0 Å². The maximum absolute atomic E-state index is 15.5. The molecule has 0 saturated carbocycles. The number of likely N-dealkylation sites (N-methyl/N-ethyl adjacent to an activating group) is 4. The Labute approximate surface area is 741 Å². The number of carbonyl (C=O) groups excluding carboxylic acids is 16. The molecule has 42 heteroatoms. The van der Waals surface area contributed by atoms with Crippen molar-refractivity contribution in [2.75, 3.05) is 52.8 Å². The van der Waals surface area contributed by atoms with Crippen molar-refractivity contribution in [1.29, 1.82) is 0 Å². The van der Waals surface area contributed by atoms with Crippen LogP contribution in [0.5, 0.6) is 5.75 Å². The number of thioether (sulfide) groups is 1. The monoisotopic (exact) mass is 1800 g/mol. The molecule has 2 aliphatic heterocycles. The van der Waals surface area contributed by atoms with Crippen LogP contribution in [0.4, 0.5) is 0 Å². The van der Waals surface area contributed by atoms with Crippen LogP contribution in [-0.4, -0.2) is 321 Å². The lowest BCUT2D eigenvalue weighted by molar-refractivity contribution is -0.150. The van der Waals surface area contributed by atoms with Crippen LogP contribution in [0.1, 0.15) is 89.3 Å². The molecule has 0 unspecified atom stereocenters. The Morgan fingerprint density at radius 1 is 0.508 bits per heavy atom. The highest BCUT2D eigenvalue weighted by Gasteiger charge is 2.46. The molecule has 2 saturated heterocycles. The SMILES string of the molecule is CC(C)[C@@H]1NC(=O)[C@H]([C@@H](C)O)NC(=O)[C@H](Cc2ccc(O)cc2)NC(=O)[C@H](Cc2cnc[nH]2)NC(=O)[C@H](C)N(C)C(=O)[C@H](C)NC(=O)[C@H](Cc2ccccc2)N(C)C(=O)[C@H](Cc2ccccc2)N(C)C(=O)[C@H](CC(=O)O)NC(=O)CN(C)C(=O)[C@H]([C@@H](C)O)NC(=O)[C@H](Cc2c[nH]c3ccccc23)NC(=O)CSC[C@@H](C(N)=O)NC(=O)[C@H](C)NC(=O)[C@@H]2C[C@@H](O)CN2C1=O. The van der Waals surface area contributed by atoms with Gasteiger partial charge in [0.1, 0.15) is 90.3 Å². The topological polar surface area (TPSA) is 598 Å². The standard InChI is InChI=1S/C86H113N19O22S/c1-44(2)70-86(127)105-39-56(109)35-65(105)80(121)91-45(3)74(115)97-63(73(87)114)41-128-42-68(111)93-60(33-53-37-89-58-25-19-18-24-57(53)58)78(119)100-72(49(7)107)85(126)101(8)40-67(110)94-62(36-69(112)113)83(124)104(11)66(32-51-22-16-13-17-23-51)84(125)103(10)64(31-50-20-14-12-15-21-50)79(120)92-46(4)82(123)102(9)47(5)75(116)95-61(34-54-38-88-43-90-54)76(117)96-59(30-52-26-28-55(108)29-27-52)77(118)99-71(48(6)106)81(122)98-70/h12-29,37-38,43-49,56,59-66,70-72,89,106-109H,30-36,39-42H2,1-11H3,(H2,87,114)(H,88,90)(H,91,121)(H,92,120)(H,93,111)(H,94,110)(H,95,116)(H,96,117)(H,97,115)(H,98,122)(H,99,118)(H,100,119)(H,112,113)/t45-,46-,47-,48+,49+,56+,59-,60-,61-,62-,63-,64-,65-,66-,70-,71-,72-/m0/s1. The Balaban J connectivity index is 1.13. The Bertz CT molecular complexity index is 4970. The molecule has 0 radical (unpaired) electrons. The number of rotatable bonds is 16. The minimum absolute atomic E-state index is 0.174. The van der Waals surface area contributed by atoms with Gasteiger partial charge in [0.2, 0.25) is 94.5 Å². The number of hydrogen-bond acceptors (Lipinski definition) is 23. The molecule has 128 heavy (non-hydrogen) atoms. The van der Waals surface area contributed by atoms with Gasteiger partial charge < -0.3 is 119 Å². The summed E-state index contributed by atoms with van der Waals surface area (Å²) >= 11 is 0.768. The van der Waals surface area contributed by atoms with Gasteiger partial charge in [0, 0.05) is 108 Å². The number of aromatic nitrogens is 3. The van der Waals surface area contributed by atoms with Crippen LogP contribution in [0.25, 0.3) is 10.9 Å². The van der Waals surface area contributed by atoms with E-state index < -0.39 is 235 Å². The van der Waals surface area contributed by atoms with E-state index in [9.17, 15) is 97.5 Å². The number of nitrogens with zero attached hydrogens (tertiary/aromatic N) is 6. The first-order chi connectivity index (χ1) is 60.5. The van der Waals surface area contributed by atoms with E-state index in [1.807, 2.05) is 0 Å². The van der Waals surface area contributed by atoms with Crippen LogP contribution in [0.15, 0.2) is 128 Å². The second-order valence-corrected chi connectivity index (χ2v) is 33.4. The lowest BCUT2D eigenvalue weighted by atomic mass is 9.99. The van der Waals surface area contributed by atoms with E-state index in [1.165, 1.54) is 92.6 Å². The Kier molecular flexibility index (Phi) is 36.1. The zero-order valence-corrected chi connectivity index (χ0v) is 73.5. The third kappa shape index (κ3) is 27.6. The van der Waals surface area contributed by atoms with Crippen molar-refractivity contribution in [2.24, 2.45) is 11.7 Å². The van der Waals surface area contributed by atoms with Crippen molar-refractivity contribution in [1.82, 2.24) is 92.6 Å². The molecule has 2 fully saturated rings. The van der Waals surface area contributed by atoms with Gasteiger partial charge >= 0.3 is 5.97 Å². The van der Waals surface area contributed by atoms with Crippen LogP contribution in [0.3, 0.4) is 0 Å². The molecule has 4 heterocycles. The van der Waals surface area contributed by atoms with E-state index in [1.54, 1.807) is 91.1 Å². The second kappa shape index (κ2) is 46.2. The molecule has 6 aromatic rings. The Morgan fingerprint density at radius 3 is 1.64 bits per heavy atom. The smallest absolute Gasteiger partial charge is 0.305 e. The number of fused-ring (bicyclic) bond motifs is 2. The highest BCUT2D eigenvalue weighted by atomic mass is 32.2. The normalized spacial score (nSPS) is 25.8. The number of H-pyrrole nitrogens is 2. The zero-order chi connectivity index (χ0) is 94.2. The van der Waals surface area contributed by atoms with Gasteiger partial charge in [-0.3, -0.25) is 81.5 Å². The van der Waals surface area contributed by atoms with Crippen molar-refractivity contribution in [3.8, 4) is 5.75 Å². The van der Waals surface area contributed by atoms with E-state index in [4.69, 9.17) is 5.73 Å². The number of imidazole rings is 1. The number of phenols is 1. The van der Waals surface area contributed by atoms with E-state index in [2.05, 4.69) is 68.1 Å². The number of nitrogens with two attached hydrogens (primary N) is 1. The molecule has 2 aromatic heterocycles. The molecule has 0 aliphatic carbocycles. The summed E-state index contributed by atoms with van der Waals surface area (Å²) < 4.78 is 0. The molecular formula is C86H113N19O22S. The summed E-state index contributed by atoms with van der Waals surface area (Å²) in [5.74, 6) is -19.7. The number of aliphatic hydroxyl groups is 3. The molecule has 16 amide bonds. The first kappa shape index (κ1) is 100. The van der Waals surface area contributed by atoms with Gasteiger partial charge in [0.05, 0.1) is 43.4 Å². The van der Waals surface area contributed by atoms with Gasteiger partial charge in [-0.1, -0.05) is 105 Å². The van der Waals surface area contributed by atoms with Crippen LogP contribution in [-0.2, 0) is 114 Å². The number of amides is 16. The van der Waals surface area contributed by atoms with Crippen LogP contribution >= 0.6 is 11.8 Å². The lowest BCUT2D eigenvalue weighted by Gasteiger charge is -2.36. The molecule has 2 aliphatic rings. The van der Waals surface area contributed by atoms with Crippen molar-refractivity contribution >= 4 is 123 Å². The summed E-state index contributed by atoms with van der Waals surface area (Å²) in [6.45, 7) is 7.74. The fourth-order valence-electron chi connectivity index (χ4n) is 14.6. The fraction of sp³-hybridized carbons (Fsp3) is 0.465. The summed E-state index contributed by atoms with van der Waals surface area (Å²) in [4.78, 5) is 259. The first-order valence-electron chi connectivity index (χ1n) is 41.4. The van der Waals surface area contributed by atoms with Crippen LogP contribution in [0, 0.1) is 5.92 Å². The van der Waals surface area contributed by atoms with Gasteiger partial charge in [-0.2, -0.15) is 0 Å². The lowest BCUT2D eigenvalue weighted by Crippen LogP contribution is -2.63. The number of aliphatic hydroxyl groups excluding tert-OH is 3.